The molecule has 21 heavy (non-hydrogen) atoms. The van der Waals surface area contributed by atoms with Gasteiger partial charge in [0.25, 0.3) is 10.0 Å². The summed E-state index contributed by atoms with van der Waals surface area (Å²) in [4.78, 5) is -0.267. The number of sulfonamides is 1. The van der Waals surface area contributed by atoms with Crippen LogP contribution in [0, 0.1) is 18.6 Å². The Morgan fingerprint density at radius 3 is 2.24 bits per heavy atom. The highest BCUT2D eigenvalue weighted by molar-refractivity contribution is 7.92. The third-order valence-electron chi connectivity index (χ3n) is 2.72. The largest absolute Gasteiger partial charge is 0.398 e. The molecule has 0 spiro atoms. The van der Waals surface area contributed by atoms with E-state index in [1.807, 2.05) is 0 Å². The minimum atomic E-state index is -4.11. The number of nitrogens with two attached hydrogens (primary N) is 1. The monoisotopic (exact) mass is 332 g/mol. The van der Waals surface area contributed by atoms with E-state index in [2.05, 4.69) is 4.72 Å². The zero-order chi connectivity index (χ0) is 15.8. The molecule has 0 atom stereocenters. The first kappa shape index (κ1) is 15.5. The molecule has 0 bridgehead atoms. The van der Waals surface area contributed by atoms with Gasteiger partial charge in [-0.1, -0.05) is 11.6 Å². The molecule has 4 nitrogen and oxygen atoms in total. The van der Waals surface area contributed by atoms with Crippen molar-refractivity contribution in [1.82, 2.24) is 0 Å². The molecule has 0 aliphatic heterocycles. The standard InChI is InChI=1S/C13H11ClF2N2O2S/c1-7-2-11(14)13(6-12(7)17)21(19,20)18-10-4-8(15)3-9(16)5-10/h2-6,18H,17H2,1H3. The molecule has 3 N–H and O–H groups in total. The van der Waals surface area contributed by atoms with Crippen molar-refractivity contribution in [2.24, 2.45) is 0 Å². The molecule has 0 aliphatic rings. The summed E-state index contributed by atoms with van der Waals surface area (Å²) in [7, 11) is -4.11. The number of benzene rings is 2. The number of anilines is 2. The second kappa shape index (κ2) is 5.50. The van der Waals surface area contributed by atoms with Crippen LogP contribution in [0.2, 0.25) is 5.02 Å². The van der Waals surface area contributed by atoms with Gasteiger partial charge in [0.05, 0.1) is 10.7 Å². The average Bonchev–Trinajstić information content (AvgIpc) is 2.31. The van der Waals surface area contributed by atoms with Crippen molar-refractivity contribution in [3.8, 4) is 0 Å². The molecule has 0 aromatic heterocycles. The molecule has 0 saturated carbocycles. The number of hydrogen-bond donors (Lipinski definition) is 2. The number of nitrogen functional groups attached to an aromatic ring is 1. The van der Waals surface area contributed by atoms with Crippen LogP contribution in [0.5, 0.6) is 0 Å². The molecule has 0 saturated heterocycles. The summed E-state index contributed by atoms with van der Waals surface area (Å²) in [5.74, 6) is -1.80. The highest BCUT2D eigenvalue weighted by Crippen LogP contribution is 2.28. The lowest BCUT2D eigenvalue weighted by atomic mass is 10.2. The Morgan fingerprint density at radius 2 is 1.67 bits per heavy atom. The van der Waals surface area contributed by atoms with E-state index in [0.29, 0.717) is 11.6 Å². The van der Waals surface area contributed by atoms with Crippen LogP contribution >= 0.6 is 11.6 Å². The molecule has 0 heterocycles. The molecule has 112 valence electrons. The van der Waals surface area contributed by atoms with Crippen molar-refractivity contribution in [1.29, 1.82) is 0 Å². The molecule has 0 amide bonds. The fraction of sp³-hybridized carbons (Fsp3) is 0.0769. The van der Waals surface area contributed by atoms with Crippen LogP contribution in [0.1, 0.15) is 5.56 Å². The van der Waals surface area contributed by atoms with Crippen molar-refractivity contribution in [3.63, 3.8) is 0 Å². The van der Waals surface area contributed by atoms with Gasteiger partial charge in [-0.05, 0) is 36.8 Å². The highest BCUT2D eigenvalue weighted by Gasteiger charge is 2.20. The van der Waals surface area contributed by atoms with E-state index < -0.39 is 21.7 Å². The van der Waals surface area contributed by atoms with Gasteiger partial charge in [0.1, 0.15) is 16.5 Å². The molecular weight excluding hydrogens is 322 g/mol. The summed E-state index contributed by atoms with van der Waals surface area (Å²) in [5, 5.41) is -0.0360. The van der Waals surface area contributed by atoms with Crippen LogP contribution in [0.3, 0.4) is 0 Å². The van der Waals surface area contributed by atoms with E-state index in [0.717, 1.165) is 12.1 Å². The summed E-state index contributed by atoms with van der Waals surface area (Å²) < 4.78 is 52.6. The minimum Gasteiger partial charge on any atom is -0.398 e. The van der Waals surface area contributed by atoms with Gasteiger partial charge >= 0.3 is 0 Å². The normalized spacial score (nSPS) is 11.4. The van der Waals surface area contributed by atoms with Gasteiger partial charge in [0.2, 0.25) is 0 Å². The average molecular weight is 333 g/mol. The van der Waals surface area contributed by atoms with E-state index in [1.165, 1.54) is 12.1 Å². The number of aryl methyl sites for hydroxylation is 1. The fourth-order valence-corrected chi connectivity index (χ4v) is 3.36. The Hall–Kier alpha value is -1.86. The van der Waals surface area contributed by atoms with Gasteiger partial charge in [0, 0.05) is 11.8 Å². The second-order valence-electron chi connectivity index (χ2n) is 4.40. The summed E-state index contributed by atoms with van der Waals surface area (Å²) in [6.45, 7) is 1.67. The van der Waals surface area contributed by atoms with E-state index in [-0.39, 0.29) is 21.3 Å². The zero-order valence-corrected chi connectivity index (χ0v) is 12.4. The first-order valence-electron chi connectivity index (χ1n) is 5.73. The van der Waals surface area contributed by atoms with Crippen LogP contribution in [-0.4, -0.2) is 8.42 Å². The quantitative estimate of drug-likeness (QED) is 0.847. The van der Waals surface area contributed by atoms with Gasteiger partial charge < -0.3 is 5.73 Å². The van der Waals surface area contributed by atoms with Gasteiger partial charge in [-0.3, -0.25) is 4.72 Å². The molecule has 2 aromatic carbocycles. The minimum absolute atomic E-state index is 0.0360. The van der Waals surface area contributed by atoms with Gasteiger partial charge in [-0.2, -0.15) is 0 Å². The van der Waals surface area contributed by atoms with Crippen molar-refractivity contribution >= 4 is 33.0 Å². The summed E-state index contributed by atoms with van der Waals surface area (Å²) >= 11 is 5.89. The Morgan fingerprint density at radius 1 is 1.10 bits per heavy atom. The lowest BCUT2D eigenvalue weighted by Gasteiger charge is -2.11. The van der Waals surface area contributed by atoms with E-state index in [1.54, 1.807) is 6.92 Å². The molecule has 0 unspecified atom stereocenters. The SMILES string of the molecule is Cc1cc(Cl)c(S(=O)(=O)Nc2cc(F)cc(F)c2)cc1N. The molecule has 0 aliphatic carbocycles. The molecular formula is C13H11ClF2N2O2S. The lowest BCUT2D eigenvalue weighted by Crippen LogP contribution is -2.14. The van der Waals surface area contributed by atoms with Crippen LogP contribution in [-0.2, 0) is 10.0 Å². The summed E-state index contributed by atoms with van der Waals surface area (Å²) in [6.07, 6.45) is 0. The summed E-state index contributed by atoms with van der Waals surface area (Å²) in [5.41, 5.74) is 6.27. The van der Waals surface area contributed by atoms with E-state index in [4.69, 9.17) is 17.3 Å². The van der Waals surface area contributed by atoms with Crippen LogP contribution in [0.25, 0.3) is 0 Å². The zero-order valence-electron chi connectivity index (χ0n) is 10.8. The van der Waals surface area contributed by atoms with Gasteiger partial charge in [-0.15, -0.1) is 0 Å². The topological polar surface area (TPSA) is 72.2 Å². The smallest absolute Gasteiger partial charge is 0.263 e. The number of halogens is 3. The van der Waals surface area contributed by atoms with Crippen LogP contribution in [0.4, 0.5) is 20.2 Å². The van der Waals surface area contributed by atoms with Crippen LogP contribution < -0.4 is 10.5 Å². The second-order valence-corrected chi connectivity index (χ2v) is 6.46. The Bertz CT molecular complexity index is 790. The number of hydrogen-bond acceptors (Lipinski definition) is 3. The maximum Gasteiger partial charge on any atom is 0.263 e. The first-order valence-corrected chi connectivity index (χ1v) is 7.60. The van der Waals surface area contributed by atoms with Crippen molar-refractivity contribution in [2.45, 2.75) is 11.8 Å². The van der Waals surface area contributed by atoms with E-state index in [9.17, 15) is 17.2 Å². The Labute approximate surface area is 125 Å². The van der Waals surface area contributed by atoms with Crippen molar-refractivity contribution in [3.05, 3.63) is 52.6 Å². The molecule has 2 aromatic rings. The highest BCUT2D eigenvalue weighted by atomic mass is 35.5. The first-order chi connectivity index (χ1) is 9.69. The predicted molar refractivity (Wildman–Crippen MR) is 77.8 cm³/mol. The summed E-state index contributed by atoms with van der Waals surface area (Å²) in [6, 6.07) is 4.93. The predicted octanol–water partition coefficient (Wildman–Crippen LogP) is 3.31. The van der Waals surface area contributed by atoms with E-state index >= 15 is 0 Å². The Kier molecular flexibility index (Phi) is 4.06. The maximum absolute atomic E-state index is 13.1. The maximum atomic E-state index is 13.1. The van der Waals surface area contributed by atoms with Gasteiger partial charge in [0.15, 0.2) is 0 Å². The fourth-order valence-electron chi connectivity index (χ4n) is 1.70. The van der Waals surface area contributed by atoms with Gasteiger partial charge in [-0.25, -0.2) is 17.2 Å². The van der Waals surface area contributed by atoms with Crippen molar-refractivity contribution in [2.75, 3.05) is 10.5 Å². The third kappa shape index (κ3) is 3.43. The van der Waals surface area contributed by atoms with Crippen LogP contribution in [0.15, 0.2) is 35.2 Å². The molecule has 2 rings (SSSR count). The molecule has 0 fully saturated rings. The Balaban J connectivity index is 2.45. The number of rotatable bonds is 3. The number of nitrogens with one attached hydrogen (secondary N) is 1. The molecule has 0 radical (unpaired) electrons. The third-order valence-corrected chi connectivity index (χ3v) is 4.57. The van der Waals surface area contributed by atoms with Crippen molar-refractivity contribution < 1.29 is 17.2 Å². The lowest BCUT2D eigenvalue weighted by molar-refractivity contribution is 0.584. The molecule has 8 heteroatoms.